The third kappa shape index (κ3) is 2.80. The van der Waals surface area contributed by atoms with Gasteiger partial charge in [-0.1, -0.05) is 0 Å². The van der Waals surface area contributed by atoms with E-state index in [0.717, 1.165) is 38.2 Å². The molecule has 0 radical (unpaired) electrons. The van der Waals surface area contributed by atoms with Crippen LogP contribution in [0.1, 0.15) is 37.6 Å². The highest BCUT2D eigenvalue weighted by Gasteiger charge is 2.32. The molecular weight excluding hydrogens is 256 g/mol. The molecule has 0 amide bonds. The van der Waals surface area contributed by atoms with Crippen molar-refractivity contribution in [3.8, 4) is 0 Å². The maximum Gasteiger partial charge on any atom is 0.265 e. The van der Waals surface area contributed by atoms with E-state index in [-0.39, 0.29) is 12.1 Å². The number of allylic oxidation sites excluding steroid dienone is 1. The number of ether oxygens (including phenoxy) is 1. The van der Waals surface area contributed by atoms with Crippen LogP contribution in [0.25, 0.3) is 0 Å². The largest absolute Gasteiger partial charge is 0.497 e. The molecule has 0 aromatic carbocycles. The number of hydrogen-bond acceptors (Lipinski definition) is 6. The van der Waals surface area contributed by atoms with Crippen LogP contribution in [0.4, 0.5) is 5.95 Å². The zero-order chi connectivity index (χ0) is 13.9. The van der Waals surface area contributed by atoms with E-state index >= 15 is 0 Å². The molecule has 0 N–H and O–H groups in total. The summed E-state index contributed by atoms with van der Waals surface area (Å²) in [5.74, 6) is 1.38. The lowest BCUT2D eigenvalue weighted by Crippen LogP contribution is -2.33. The van der Waals surface area contributed by atoms with Gasteiger partial charge in [0.2, 0.25) is 5.89 Å². The quantitative estimate of drug-likeness (QED) is 0.839. The summed E-state index contributed by atoms with van der Waals surface area (Å²) in [4.78, 5) is 8.76. The van der Waals surface area contributed by atoms with Crippen molar-refractivity contribution in [2.45, 2.75) is 37.8 Å². The first-order valence-electron chi connectivity index (χ1n) is 7.29. The molecule has 2 aliphatic rings. The van der Waals surface area contributed by atoms with E-state index in [2.05, 4.69) is 21.1 Å². The summed E-state index contributed by atoms with van der Waals surface area (Å²) in [6, 6.07) is 0.241. The number of anilines is 1. The Morgan fingerprint density at radius 1 is 1.40 bits per heavy atom. The number of rotatable bonds is 4. The van der Waals surface area contributed by atoms with Crippen LogP contribution < -0.4 is 4.90 Å². The molecule has 0 aliphatic carbocycles. The second kappa shape index (κ2) is 5.83. The third-order valence-electron chi connectivity index (χ3n) is 3.94. The van der Waals surface area contributed by atoms with Crippen molar-refractivity contribution in [3.05, 3.63) is 18.2 Å². The summed E-state index contributed by atoms with van der Waals surface area (Å²) in [5, 5.41) is 4.01. The van der Waals surface area contributed by atoms with Gasteiger partial charge in [-0.2, -0.15) is 4.98 Å². The highest BCUT2D eigenvalue weighted by atomic mass is 16.5. The van der Waals surface area contributed by atoms with Crippen LogP contribution >= 0.6 is 0 Å². The fourth-order valence-electron chi connectivity index (χ4n) is 2.85. The molecule has 0 bridgehead atoms. The van der Waals surface area contributed by atoms with Gasteiger partial charge in [-0.15, -0.1) is 0 Å². The SMILES string of the molecule is CN(C)c1noc([C@@H]2CCCN2C[C@@H]2CCC=CO2)n1. The average Bonchev–Trinajstić information content (AvgIpc) is 3.08. The number of hydrogen-bond donors (Lipinski definition) is 0. The van der Waals surface area contributed by atoms with Crippen LogP contribution in [-0.4, -0.2) is 48.3 Å². The molecule has 110 valence electrons. The first-order chi connectivity index (χ1) is 9.74. The van der Waals surface area contributed by atoms with Crippen LogP contribution in [-0.2, 0) is 4.74 Å². The van der Waals surface area contributed by atoms with E-state index in [1.54, 1.807) is 0 Å². The van der Waals surface area contributed by atoms with Crippen molar-refractivity contribution in [2.75, 3.05) is 32.1 Å². The van der Waals surface area contributed by atoms with Gasteiger partial charge in [-0.05, 0) is 43.5 Å². The predicted molar refractivity (Wildman–Crippen MR) is 75.4 cm³/mol. The molecule has 1 fully saturated rings. The molecule has 3 heterocycles. The van der Waals surface area contributed by atoms with Crippen molar-refractivity contribution in [1.29, 1.82) is 0 Å². The minimum atomic E-state index is 0.241. The predicted octanol–water partition coefficient (Wildman–Crippen LogP) is 1.97. The Kier molecular flexibility index (Phi) is 3.91. The number of nitrogens with zero attached hydrogens (tertiary/aromatic N) is 4. The molecule has 1 aromatic heterocycles. The molecule has 1 saturated heterocycles. The molecular formula is C14H22N4O2. The van der Waals surface area contributed by atoms with Gasteiger partial charge in [-0.3, -0.25) is 4.90 Å². The summed E-state index contributed by atoms with van der Waals surface area (Å²) in [6.07, 6.45) is 8.65. The number of aromatic nitrogens is 2. The van der Waals surface area contributed by atoms with Gasteiger partial charge in [0.1, 0.15) is 6.10 Å². The normalized spacial score (nSPS) is 26.7. The standard InChI is InChI=1S/C14H22N4O2/c1-17(2)14-15-13(20-16-14)12-7-5-8-18(12)10-11-6-3-4-9-19-11/h4,9,11-12H,3,5-8,10H2,1-2H3/t11-,12-/m0/s1. The molecule has 0 spiro atoms. The lowest BCUT2D eigenvalue weighted by Gasteiger charge is -2.27. The fourth-order valence-corrected chi connectivity index (χ4v) is 2.85. The third-order valence-corrected chi connectivity index (χ3v) is 3.94. The molecule has 2 atom stereocenters. The summed E-state index contributed by atoms with van der Waals surface area (Å²) < 4.78 is 11.1. The first-order valence-corrected chi connectivity index (χ1v) is 7.29. The van der Waals surface area contributed by atoms with Gasteiger partial charge in [0, 0.05) is 20.6 Å². The second-order valence-corrected chi connectivity index (χ2v) is 5.69. The Morgan fingerprint density at radius 2 is 2.30 bits per heavy atom. The van der Waals surface area contributed by atoms with Gasteiger partial charge in [0.05, 0.1) is 12.3 Å². The summed E-state index contributed by atoms with van der Waals surface area (Å²) >= 11 is 0. The Morgan fingerprint density at radius 3 is 3.00 bits per heavy atom. The lowest BCUT2D eigenvalue weighted by atomic mass is 10.1. The van der Waals surface area contributed by atoms with Gasteiger partial charge in [-0.25, -0.2) is 0 Å². The van der Waals surface area contributed by atoms with Gasteiger partial charge >= 0.3 is 0 Å². The number of likely N-dealkylation sites (tertiary alicyclic amines) is 1. The minimum Gasteiger partial charge on any atom is -0.497 e. The van der Waals surface area contributed by atoms with Crippen molar-refractivity contribution in [3.63, 3.8) is 0 Å². The molecule has 2 aliphatic heterocycles. The molecule has 3 rings (SSSR count). The van der Waals surface area contributed by atoms with E-state index in [9.17, 15) is 0 Å². The van der Waals surface area contributed by atoms with Crippen molar-refractivity contribution in [1.82, 2.24) is 15.0 Å². The Balaban J connectivity index is 1.66. The van der Waals surface area contributed by atoms with Crippen LogP contribution in [0.3, 0.4) is 0 Å². The van der Waals surface area contributed by atoms with Crippen LogP contribution in [0.2, 0.25) is 0 Å². The fraction of sp³-hybridized carbons (Fsp3) is 0.714. The second-order valence-electron chi connectivity index (χ2n) is 5.69. The lowest BCUT2D eigenvalue weighted by molar-refractivity contribution is 0.0681. The highest BCUT2D eigenvalue weighted by Crippen LogP contribution is 2.32. The van der Waals surface area contributed by atoms with Gasteiger partial charge in [0.15, 0.2) is 0 Å². The summed E-state index contributed by atoms with van der Waals surface area (Å²) in [7, 11) is 3.84. The smallest absolute Gasteiger partial charge is 0.265 e. The van der Waals surface area contributed by atoms with E-state index in [0.29, 0.717) is 5.95 Å². The van der Waals surface area contributed by atoms with E-state index < -0.39 is 0 Å². The topological polar surface area (TPSA) is 54.6 Å². The molecule has 6 heteroatoms. The molecule has 1 aromatic rings. The van der Waals surface area contributed by atoms with E-state index in [4.69, 9.17) is 9.26 Å². The molecule has 20 heavy (non-hydrogen) atoms. The van der Waals surface area contributed by atoms with Crippen LogP contribution in [0, 0.1) is 0 Å². The van der Waals surface area contributed by atoms with E-state index in [1.165, 1.54) is 6.42 Å². The summed E-state index contributed by atoms with van der Waals surface area (Å²) in [5.41, 5.74) is 0. The van der Waals surface area contributed by atoms with Gasteiger partial charge in [0.25, 0.3) is 5.95 Å². The summed E-state index contributed by atoms with van der Waals surface area (Å²) in [6.45, 7) is 2.02. The molecule has 0 unspecified atom stereocenters. The van der Waals surface area contributed by atoms with Crippen molar-refractivity contribution >= 4 is 5.95 Å². The Hall–Kier alpha value is -1.56. The first kappa shape index (κ1) is 13.4. The highest BCUT2D eigenvalue weighted by molar-refractivity contribution is 5.24. The van der Waals surface area contributed by atoms with Gasteiger partial charge < -0.3 is 14.2 Å². The zero-order valence-corrected chi connectivity index (χ0v) is 12.2. The minimum absolute atomic E-state index is 0.241. The average molecular weight is 278 g/mol. The maximum absolute atomic E-state index is 5.67. The zero-order valence-electron chi connectivity index (χ0n) is 12.2. The van der Waals surface area contributed by atoms with Crippen molar-refractivity contribution < 1.29 is 9.26 Å². The molecule has 6 nitrogen and oxygen atoms in total. The Bertz CT molecular complexity index is 471. The van der Waals surface area contributed by atoms with Crippen molar-refractivity contribution in [2.24, 2.45) is 0 Å². The maximum atomic E-state index is 5.67. The molecule has 0 saturated carbocycles. The van der Waals surface area contributed by atoms with E-state index in [1.807, 2.05) is 25.3 Å². The van der Waals surface area contributed by atoms with Crippen LogP contribution in [0.15, 0.2) is 16.9 Å². The van der Waals surface area contributed by atoms with Crippen LogP contribution in [0.5, 0.6) is 0 Å². The Labute approximate surface area is 119 Å². The monoisotopic (exact) mass is 278 g/mol.